The number of nitrogens with one attached hydrogen (secondary N) is 1. The van der Waals surface area contributed by atoms with E-state index in [-0.39, 0.29) is 12.4 Å². The van der Waals surface area contributed by atoms with Crippen molar-refractivity contribution in [3.05, 3.63) is 0 Å². The van der Waals surface area contributed by atoms with Gasteiger partial charge in [-0.3, -0.25) is 0 Å². The molecular weight excluding hydrogens is 180 g/mol. The minimum Gasteiger partial charge on any atom is -0.465 e. The molecule has 0 aromatic rings. The Labute approximate surface area is 78.3 Å². The fourth-order valence-corrected chi connectivity index (χ4v) is 1.30. The Hall–Kier alpha value is -0.480. The average Bonchev–Trinajstić information content (AvgIpc) is 2.61. The van der Waals surface area contributed by atoms with E-state index in [0.717, 1.165) is 6.42 Å². The van der Waals surface area contributed by atoms with Gasteiger partial charge >= 0.3 is 6.09 Å². The molecule has 1 rings (SSSR count). The van der Waals surface area contributed by atoms with Crippen LogP contribution in [0.1, 0.15) is 6.42 Å². The molecule has 1 amide bonds. The second-order valence-corrected chi connectivity index (χ2v) is 3.21. The van der Waals surface area contributed by atoms with Gasteiger partial charge in [0.25, 0.3) is 0 Å². The smallest absolute Gasteiger partial charge is 0.404 e. The second kappa shape index (κ2) is 4.52. The Morgan fingerprint density at radius 2 is 2.25 bits per heavy atom. The third kappa shape index (κ3) is 3.28. The highest BCUT2D eigenvalue weighted by Crippen LogP contribution is 2.33. The molecule has 2 N–H and O–H groups in total. The molecule has 12 heavy (non-hydrogen) atoms. The van der Waals surface area contributed by atoms with Crippen molar-refractivity contribution in [2.45, 2.75) is 12.5 Å². The van der Waals surface area contributed by atoms with Gasteiger partial charge < -0.3 is 15.3 Å². The van der Waals surface area contributed by atoms with E-state index in [1.807, 2.05) is 14.1 Å². The summed E-state index contributed by atoms with van der Waals surface area (Å²) in [5.74, 6) is 0.529. The summed E-state index contributed by atoms with van der Waals surface area (Å²) >= 11 is 0. The summed E-state index contributed by atoms with van der Waals surface area (Å²) in [7, 11) is 4.04. The molecule has 0 bridgehead atoms. The lowest BCUT2D eigenvalue weighted by Gasteiger charge is -2.07. The third-order valence-corrected chi connectivity index (χ3v) is 2.06. The molecule has 1 aliphatic rings. The zero-order valence-corrected chi connectivity index (χ0v) is 8.10. The summed E-state index contributed by atoms with van der Waals surface area (Å²) in [6, 6.07) is 0.585. The number of hydrogen-bond donors (Lipinski definition) is 2. The summed E-state index contributed by atoms with van der Waals surface area (Å²) in [6.07, 6.45) is 0.196. The van der Waals surface area contributed by atoms with Crippen molar-refractivity contribution in [1.82, 2.24) is 10.2 Å². The van der Waals surface area contributed by atoms with Gasteiger partial charge in [-0.2, -0.15) is 0 Å². The topological polar surface area (TPSA) is 52.6 Å². The van der Waals surface area contributed by atoms with Crippen LogP contribution in [-0.2, 0) is 0 Å². The van der Waals surface area contributed by atoms with Gasteiger partial charge in [0.1, 0.15) is 0 Å². The molecule has 0 unspecified atom stereocenters. The van der Waals surface area contributed by atoms with E-state index in [2.05, 4.69) is 10.2 Å². The maximum Gasteiger partial charge on any atom is 0.404 e. The standard InChI is InChI=1S/C7H14N2O2.ClH/c1-9(2)6-3-5(6)4-8-7(10)11;/h5-6,8H,3-4H2,1-2H3,(H,10,11);1H/t5-,6-;/m0./s1. The Morgan fingerprint density at radius 1 is 1.67 bits per heavy atom. The van der Waals surface area contributed by atoms with Crippen LogP contribution < -0.4 is 5.32 Å². The molecule has 0 aromatic heterocycles. The lowest BCUT2D eigenvalue weighted by atomic mass is 10.4. The quantitative estimate of drug-likeness (QED) is 0.693. The molecule has 0 aromatic carbocycles. The van der Waals surface area contributed by atoms with Crippen molar-refractivity contribution in [3.63, 3.8) is 0 Å². The fourth-order valence-electron chi connectivity index (χ4n) is 1.30. The van der Waals surface area contributed by atoms with Crippen LogP contribution in [0.15, 0.2) is 0 Å². The largest absolute Gasteiger partial charge is 0.465 e. The van der Waals surface area contributed by atoms with Crippen LogP contribution in [0.2, 0.25) is 0 Å². The van der Waals surface area contributed by atoms with E-state index >= 15 is 0 Å². The van der Waals surface area contributed by atoms with Gasteiger partial charge in [-0.1, -0.05) is 0 Å². The highest BCUT2D eigenvalue weighted by Gasteiger charge is 2.38. The van der Waals surface area contributed by atoms with Crippen molar-refractivity contribution < 1.29 is 9.90 Å². The monoisotopic (exact) mass is 194 g/mol. The van der Waals surface area contributed by atoms with Gasteiger partial charge in [0.05, 0.1) is 0 Å². The maximum atomic E-state index is 10.1. The first kappa shape index (κ1) is 11.5. The number of nitrogens with zero attached hydrogens (tertiary/aromatic N) is 1. The Morgan fingerprint density at radius 3 is 2.58 bits per heavy atom. The predicted molar refractivity (Wildman–Crippen MR) is 48.9 cm³/mol. The van der Waals surface area contributed by atoms with E-state index in [0.29, 0.717) is 18.5 Å². The Balaban J connectivity index is 0.00000121. The first-order valence-corrected chi connectivity index (χ1v) is 3.74. The second-order valence-electron chi connectivity index (χ2n) is 3.21. The summed E-state index contributed by atoms with van der Waals surface area (Å²) < 4.78 is 0. The van der Waals surface area contributed by atoms with Gasteiger partial charge in [-0.15, -0.1) is 12.4 Å². The molecule has 1 aliphatic carbocycles. The molecule has 0 spiro atoms. The van der Waals surface area contributed by atoms with Gasteiger partial charge in [0.2, 0.25) is 0 Å². The lowest BCUT2D eigenvalue weighted by Crippen LogP contribution is -2.26. The van der Waals surface area contributed by atoms with E-state index < -0.39 is 6.09 Å². The molecule has 2 atom stereocenters. The number of halogens is 1. The van der Waals surface area contributed by atoms with Crippen molar-refractivity contribution in [2.24, 2.45) is 5.92 Å². The molecule has 5 heteroatoms. The van der Waals surface area contributed by atoms with Gasteiger partial charge in [0, 0.05) is 12.6 Å². The molecule has 1 saturated carbocycles. The van der Waals surface area contributed by atoms with E-state index in [1.165, 1.54) is 0 Å². The highest BCUT2D eigenvalue weighted by molar-refractivity contribution is 5.85. The average molecular weight is 195 g/mol. The van der Waals surface area contributed by atoms with E-state index in [1.54, 1.807) is 0 Å². The van der Waals surface area contributed by atoms with Crippen LogP contribution in [0.3, 0.4) is 0 Å². The summed E-state index contributed by atoms with van der Waals surface area (Å²) in [5.41, 5.74) is 0. The van der Waals surface area contributed by atoms with Crippen molar-refractivity contribution >= 4 is 18.5 Å². The zero-order chi connectivity index (χ0) is 8.43. The van der Waals surface area contributed by atoms with Crippen molar-refractivity contribution in [1.29, 1.82) is 0 Å². The normalized spacial score (nSPS) is 26.2. The summed E-state index contributed by atoms with van der Waals surface area (Å²) in [4.78, 5) is 12.2. The molecule has 1 fully saturated rings. The first-order chi connectivity index (χ1) is 5.11. The minimum absolute atomic E-state index is 0. The van der Waals surface area contributed by atoms with E-state index in [4.69, 9.17) is 5.11 Å². The number of carbonyl (C=O) groups is 1. The SMILES string of the molecule is CN(C)[C@H]1C[C@H]1CNC(=O)O.Cl. The first-order valence-electron chi connectivity index (χ1n) is 3.74. The molecule has 0 saturated heterocycles. The molecule has 72 valence electrons. The van der Waals surface area contributed by atoms with Crippen LogP contribution in [0.5, 0.6) is 0 Å². The van der Waals surface area contributed by atoms with Crippen LogP contribution in [-0.4, -0.2) is 42.8 Å². The maximum absolute atomic E-state index is 10.1. The van der Waals surface area contributed by atoms with Crippen LogP contribution in [0.4, 0.5) is 4.79 Å². The van der Waals surface area contributed by atoms with Crippen molar-refractivity contribution in [3.8, 4) is 0 Å². The summed E-state index contributed by atoms with van der Waals surface area (Å²) in [5, 5.41) is 10.7. The zero-order valence-electron chi connectivity index (χ0n) is 7.28. The van der Waals surface area contributed by atoms with Crippen LogP contribution >= 0.6 is 12.4 Å². The molecule has 0 radical (unpaired) electrons. The lowest BCUT2D eigenvalue weighted by molar-refractivity contribution is 0.193. The molecule has 4 nitrogen and oxygen atoms in total. The summed E-state index contributed by atoms with van der Waals surface area (Å²) in [6.45, 7) is 0.595. The molecule has 0 aliphatic heterocycles. The van der Waals surface area contributed by atoms with Gasteiger partial charge in [-0.05, 0) is 26.4 Å². The van der Waals surface area contributed by atoms with Gasteiger partial charge in [-0.25, -0.2) is 4.79 Å². The number of hydrogen-bond acceptors (Lipinski definition) is 2. The number of amides is 1. The minimum atomic E-state index is -0.922. The highest BCUT2D eigenvalue weighted by atomic mass is 35.5. The van der Waals surface area contributed by atoms with Crippen LogP contribution in [0.25, 0.3) is 0 Å². The number of carboxylic acid groups (broad SMARTS) is 1. The molecular formula is C7H15ClN2O2. The Bertz CT molecular complexity index is 163. The fraction of sp³-hybridized carbons (Fsp3) is 0.857. The molecule has 0 heterocycles. The Kier molecular flexibility index (Phi) is 4.34. The van der Waals surface area contributed by atoms with Gasteiger partial charge in [0.15, 0.2) is 0 Å². The van der Waals surface area contributed by atoms with Crippen molar-refractivity contribution in [2.75, 3.05) is 20.6 Å². The predicted octanol–water partition coefficient (Wildman–Crippen LogP) is 0.626. The van der Waals surface area contributed by atoms with E-state index in [9.17, 15) is 4.79 Å². The van der Waals surface area contributed by atoms with Crippen LogP contribution in [0, 0.1) is 5.92 Å². The third-order valence-electron chi connectivity index (χ3n) is 2.06. The number of rotatable bonds is 3.